The predicted molar refractivity (Wildman–Crippen MR) is 62.7 cm³/mol. The van der Waals surface area contributed by atoms with Crippen LogP contribution >= 0.6 is 23.2 Å². The summed E-state index contributed by atoms with van der Waals surface area (Å²) in [4.78, 5) is 24.2. The quantitative estimate of drug-likeness (QED) is 0.614. The molecule has 0 aromatic carbocycles. The van der Waals surface area contributed by atoms with Crippen LogP contribution in [0.25, 0.3) is 0 Å². The van der Waals surface area contributed by atoms with Crippen molar-refractivity contribution in [3.05, 3.63) is 32.9 Å². The van der Waals surface area contributed by atoms with Crippen molar-refractivity contribution in [2.75, 3.05) is 6.61 Å². The molecule has 7 nitrogen and oxygen atoms in total. The lowest BCUT2D eigenvalue weighted by Crippen LogP contribution is -2.41. The molecule has 1 saturated heterocycles. The van der Waals surface area contributed by atoms with Crippen LogP contribution in [0.1, 0.15) is 6.23 Å². The molecule has 10 heteroatoms. The minimum atomic E-state index is -1.98. The Bertz CT molecular complexity index is 601. The zero-order chi connectivity index (χ0) is 14.4. The maximum Gasteiger partial charge on any atom is 0.330 e. The van der Waals surface area contributed by atoms with E-state index in [0.29, 0.717) is 10.8 Å². The third kappa shape index (κ3) is 2.30. The second kappa shape index (κ2) is 4.88. The van der Waals surface area contributed by atoms with Gasteiger partial charge in [0.15, 0.2) is 10.6 Å². The lowest BCUT2D eigenvalue weighted by atomic mass is 10.2. The Balaban J connectivity index is 2.51. The Morgan fingerprint density at radius 2 is 2.16 bits per heavy atom. The number of ether oxygens (including phenoxy) is 1. The minimum absolute atomic E-state index is 0.567. The number of aromatic amines is 1. The van der Waals surface area contributed by atoms with Crippen LogP contribution in [0.5, 0.6) is 0 Å². The largest absolute Gasteiger partial charge is 0.394 e. The van der Waals surface area contributed by atoms with Crippen molar-refractivity contribution in [2.45, 2.75) is 22.8 Å². The van der Waals surface area contributed by atoms with E-state index in [9.17, 15) is 19.1 Å². The van der Waals surface area contributed by atoms with E-state index in [-0.39, 0.29) is 0 Å². The SMILES string of the molecule is O=c1[nH]c(=O)n([C@@H]2O[C@H](CO)[C@@H](O)C2(Cl)Cl)cc1F. The first-order chi connectivity index (χ1) is 8.78. The van der Waals surface area contributed by atoms with Crippen molar-refractivity contribution in [1.82, 2.24) is 9.55 Å². The van der Waals surface area contributed by atoms with E-state index < -0.39 is 46.4 Å². The molecule has 0 unspecified atom stereocenters. The number of hydrogen-bond donors (Lipinski definition) is 3. The summed E-state index contributed by atoms with van der Waals surface area (Å²) in [5.41, 5.74) is -2.21. The van der Waals surface area contributed by atoms with Crippen molar-refractivity contribution in [1.29, 1.82) is 0 Å². The lowest BCUT2D eigenvalue weighted by Gasteiger charge is -2.23. The predicted octanol–water partition coefficient (Wildman–Crippen LogP) is -0.900. The Morgan fingerprint density at radius 1 is 1.53 bits per heavy atom. The van der Waals surface area contributed by atoms with Gasteiger partial charge in [-0.3, -0.25) is 14.3 Å². The van der Waals surface area contributed by atoms with Crippen LogP contribution in [0.2, 0.25) is 0 Å². The van der Waals surface area contributed by atoms with Crippen LogP contribution in [0.15, 0.2) is 15.8 Å². The molecule has 19 heavy (non-hydrogen) atoms. The molecule has 0 spiro atoms. The van der Waals surface area contributed by atoms with E-state index in [1.807, 2.05) is 0 Å². The number of aliphatic hydroxyl groups is 2. The number of halogens is 3. The van der Waals surface area contributed by atoms with Gasteiger partial charge in [0.2, 0.25) is 5.82 Å². The number of nitrogens with one attached hydrogen (secondary N) is 1. The summed E-state index contributed by atoms with van der Waals surface area (Å²) in [5.74, 6) is -1.24. The summed E-state index contributed by atoms with van der Waals surface area (Å²) >= 11 is 11.7. The molecule has 0 bridgehead atoms. The maximum atomic E-state index is 13.2. The molecule has 1 aromatic rings. The number of H-pyrrole nitrogens is 1. The highest BCUT2D eigenvalue weighted by molar-refractivity contribution is 6.49. The van der Waals surface area contributed by atoms with Gasteiger partial charge >= 0.3 is 5.69 Å². The third-order valence-electron chi connectivity index (χ3n) is 2.74. The van der Waals surface area contributed by atoms with E-state index in [1.54, 1.807) is 4.98 Å². The summed E-state index contributed by atoms with van der Waals surface area (Å²) in [7, 11) is 0. The Labute approximate surface area is 115 Å². The molecule has 3 N–H and O–H groups in total. The zero-order valence-electron chi connectivity index (χ0n) is 9.22. The number of hydrogen-bond acceptors (Lipinski definition) is 5. The highest BCUT2D eigenvalue weighted by atomic mass is 35.5. The van der Waals surface area contributed by atoms with Crippen LogP contribution in [0, 0.1) is 5.82 Å². The number of aliphatic hydroxyl groups excluding tert-OH is 2. The van der Waals surface area contributed by atoms with Crippen LogP contribution in [0.3, 0.4) is 0 Å². The molecule has 2 rings (SSSR count). The van der Waals surface area contributed by atoms with Crippen LogP contribution < -0.4 is 11.2 Å². The molecule has 3 atom stereocenters. The van der Waals surface area contributed by atoms with E-state index in [0.717, 1.165) is 0 Å². The summed E-state index contributed by atoms with van der Waals surface area (Å²) in [6, 6.07) is 0. The van der Waals surface area contributed by atoms with Gasteiger partial charge in [-0.15, -0.1) is 0 Å². The molecular weight excluding hydrogens is 306 g/mol. The summed E-state index contributed by atoms with van der Waals surface area (Å²) in [6.07, 6.45) is -3.52. The molecule has 0 saturated carbocycles. The number of aromatic nitrogens is 2. The van der Waals surface area contributed by atoms with E-state index in [1.165, 1.54) is 0 Å². The molecule has 1 aliphatic heterocycles. The third-order valence-corrected chi connectivity index (χ3v) is 3.56. The Morgan fingerprint density at radius 3 is 2.68 bits per heavy atom. The van der Waals surface area contributed by atoms with Crippen molar-refractivity contribution < 1.29 is 19.3 Å². The Hall–Kier alpha value is -0.930. The van der Waals surface area contributed by atoms with E-state index in [2.05, 4.69) is 0 Å². The van der Waals surface area contributed by atoms with Gasteiger partial charge in [0, 0.05) is 0 Å². The molecule has 1 aliphatic rings. The van der Waals surface area contributed by atoms with Gasteiger partial charge in [0.05, 0.1) is 12.8 Å². The minimum Gasteiger partial charge on any atom is -0.394 e. The molecular formula is C9H9Cl2FN2O5. The summed E-state index contributed by atoms with van der Waals surface area (Å²) in [5, 5.41) is 18.7. The molecule has 0 radical (unpaired) electrons. The maximum absolute atomic E-state index is 13.2. The fourth-order valence-electron chi connectivity index (χ4n) is 1.75. The van der Waals surface area contributed by atoms with Crippen molar-refractivity contribution in [3.8, 4) is 0 Å². The first-order valence-corrected chi connectivity index (χ1v) is 5.87. The number of rotatable bonds is 2. The fraction of sp³-hybridized carbons (Fsp3) is 0.556. The molecule has 1 aromatic heterocycles. The van der Waals surface area contributed by atoms with Gasteiger partial charge in [0.25, 0.3) is 5.56 Å². The normalized spacial score (nSPS) is 29.6. The number of nitrogens with zero attached hydrogens (tertiary/aromatic N) is 1. The molecule has 2 heterocycles. The molecule has 1 fully saturated rings. The smallest absolute Gasteiger partial charge is 0.330 e. The second-order valence-corrected chi connectivity index (χ2v) is 5.42. The van der Waals surface area contributed by atoms with Gasteiger partial charge in [-0.1, -0.05) is 23.2 Å². The van der Waals surface area contributed by atoms with Crippen LogP contribution in [0.4, 0.5) is 4.39 Å². The average Bonchev–Trinajstić information content (AvgIpc) is 2.56. The van der Waals surface area contributed by atoms with Crippen molar-refractivity contribution in [2.24, 2.45) is 0 Å². The lowest BCUT2D eigenvalue weighted by molar-refractivity contribution is -0.0465. The van der Waals surface area contributed by atoms with Crippen molar-refractivity contribution >= 4 is 23.2 Å². The number of alkyl halides is 2. The standard InChI is InChI=1S/C9H9Cl2FN2O5/c10-9(11)5(16)4(2-15)19-7(9)14-1-3(12)6(17)13-8(14)18/h1,4-5,7,15-16H,2H2,(H,13,17,18)/t4-,5-,7-/m1/s1. The first kappa shape index (κ1) is 14.5. The monoisotopic (exact) mass is 314 g/mol. The molecule has 106 valence electrons. The second-order valence-electron chi connectivity index (χ2n) is 3.97. The van der Waals surface area contributed by atoms with Gasteiger partial charge in [-0.25, -0.2) is 4.79 Å². The van der Waals surface area contributed by atoms with Gasteiger partial charge in [0.1, 0.15) is 12.2 Å². The molecule has 0 aliphatic carbocycles. The van der Waals surface area contributed by atoms with Crippen LogP contribution in [-0.2, 0) is 4.74 Å². The fourth-order valence-corrected chi connectivity index (χ4v) is 2.35. The summed E-state index contributed by atoms with van der Waals surface area (Å²) < 4.78 is 16.9. The Kier molecular flexibility index (Phi) is 3.72. The zero-order valence-corrected chi connectivity index (χ0v) is 10.7. The van der Waals surface area contributed by atoms with Crippen LogP contribution in [-0.4, -0.2) is 42.9 Å². The van der Waals surface area contributed by atoms with E-state index >= 15 is 0 Å². The topological polar surface area (TPSA) is 105 Å². The van der Waals surface area contributed by atoms with Gasteiger partial charge in [-0.05, 0) is 0 Å². The van der Waals surface area contributed by atoms with Gasteiger partial charge < -0.3 is 14.9 Å². The van der Waals surface area contributed by atoms with E-state index in [4.69, 9.17) is 33.0 Å². The first-order valence-electron chi connectivity index (χ1n) is 5.12. The summed E-state index contributed by atoms with van der Waals surface area (Å²) in [6.45, 7) is -0.598. The highest BCUT2D eigenvalue weighted by Gasteiger charge is 2.55. The molecule has 0 amide bonds. The average molecular weight is 315 g/mol. The van der Waals surface area contributed by atoms with Gasteiger partial charge in [-0.2, -0.15) is 4.39 Å². The highest BCUT2D eigenvalue weighted by Crippen LogP contribution is 2.45. The van der Waals surface area contributed by atoms with Crippen molar-refractivity contribution in [3.63, 3.8) is 0 Å².